The molecule has 5 nitrogen and oxygen atoms in total. The SMILES string of the molecule is Clc1ccc(NCCCn2ccnc2)nn1. The van der Waals surface area contributed by atoms with Crippen LogP contribution in [-0.2, 0) is 6.54 Å². The lowest BCUT2D eigenvalue weighted by Gasteiger charge is -2.04. The maximum absolute atomic E-state index is 5.63. The summed E-state index contributed by atoms with van der Waals surface area (Å²) in [6.07, 6.45) is 6.53. The van der Waals surface area contributed by atoms with Gasteiger partial charge in [0.15, 0.2) is 5.15 Å². The van der Waals surface area contributed by atoms with Crippen molar-refractivity contribution in [3.63, 3.8) is 0 Å². The number of nitrogens with one attached hydrogen (secondary N) is 1. The van der Waals surface area contributed by atoms with E-state index in [0.29, 0.717) is 5.15 Å². The van der Waals surface area contributed by atoms with E-state index in [1.807, 2.05) is 23.2 Å². The number of imidazole rings is 1. The Labute approximate surface area is 98.5 Å². The van der Waals surface area contributed by atoms with Crippen molar-refractivity contribution in [2.24, 2.45) is 0 Å². The molecule has 0 saturated heterocycles. The maximum atomic E-state index is 5.63. The number of hydrogen-bond acceptors (Lipinski definition) is 4. The van der Waals surface area contributed by atoms with Gasteiger partial charge < -0.3 is 9.88 Å². The Morgan fingerprint density at radius 2 is 2.25 bits per heavy atom. The fourth-order valence-electron chi connectivity index (χ4n) is 1.31. The molecule has 0 saturated carbocycles. The second-order valence-corrected chi connectivity index (χ2v) is 3.71. The van der Waals surface area contributed by atoms with Gasteiger partial charge in [0, 0.05) is 25.5 Å². The second-order valence-electron chi connectivity index (χ2n) is 3.32. The molecule has 0 radical (unpaired) electrons. The van der Waals surface area contributed by atoms with Crippen LogP contribution in [0.25, 0.3) is 0 Å². The van der Waals surface area contributed by atoms with Gasteiger partial charge in [0.1, 0.15) is 5.82 Å². The van der Waals surface area contributed by atoms with Crippen molar-refractivity contribution in [3.05, 3.63) is 36.0 Å². The van der Waals surface area contributed by atoms with Gasteiger partial charge in [-0.05, 0) is 18.6 Å². The Bertz CT molecular complexity index is 411. The van der Waals surface area contributed by atoms with Crippen LogP contribution in [0.1, 0.15) is 6.42 Å². The highest BCUT2D eigenvalue weighted by molar-refractivity contribution is 6.29. The molecular formula is C10H12ClN5. The first-order valence-electron chi connectivity index (χ1n) is 5.03. The average molecular weight is 238 g/mol. The van der Waals surface area contributed by atoms with Crippen molar-refractivity contribution in [1.29, 1.82) is 0 Å². The molecule has 2 rings (SSSR count). The predicted octanol–water partition coefficient (Wildman–Crippen LogP) is 1.83. The Morgan fingerprint density at radius 3 is 2.94 bits per heavy atom. The Hall–Kier alpha value is -1.62. The van der Waals surface area contributed by atoms with E-state index in [9.17, 15) is 0 Å². The van der Waals surface area contributed by atoms with E-state index in [2.05, 4.69) is 20.5 Å². The van der Waals surface area contributed by atoms with Gasteiger partial charge in [-0.15, -0.1) is 10.2 Å². The summed E-state index contributed by atoms with van der Waals surface area (Å²) in [6, 6.07) is 3.53. The van der Waals surface area contributed by atoms with Crippen LogP contribution in [0.4, 0.5) is 5.82 Å². The van der Waals surface area contributed by atoms with Crippen molar-refractivity contribution < 1.29 is 0 Å². The minimum Gasteiger partial charge on any atom is -0.369 e. The van der Waals surface area contributed by atoms with Crippen LogP contribution in [0.5, 0.6) is 0 Å². The molecule has 0 spiro atoms. The summed E-state index contributed by atoms with van der Waals surface area (Å²) in [5.74, 6) is 0.745. The van der Waals surface area contributed by atoms with Gasteiger partial charge >= 0.3 is 0 Å². The second kappa shape index (κ2) is 5.46. The highest BCUT2D eigenvalue weighted by Gasteiger charge is 1.95. The summed E-state index contributed by atoms with van der Waals surface area (Å²) in [5, 5.41) is 11.2. The first-order valence-corrected chi connectivity index (χ1v) is 5.41. The van der Waals surface area contributed by atoms with E-state index < -0.39 is 0 Å². The van der Waals surface area contributed by atoms with Crippen molar-refractivity contribution >= 4 is 17.4 Å². The monoisotopic (exact) mass is 237 g/mol. The molecule has 2 heterocycles. The number of rotatable bonds is 5. The standard InChI is InChI=1S/C10H12ClN5/c11-9-2-3-10(15-14-9)13-4-1-6-16-7-5-12-8-16/h2-3,5,7-8H,1,4,6H2,(H,13,15). The van der Waals surface area contributed by atoms with Gasteiger partial charge in [-0.2, -0.15) is 0 Å². The van der Waals surface area contributed by atoms with Crippen molar-refractivity contribution in [2.45, 2.75) is 13.0 Å². The van der Waals surface area contributed by atoms with Crippen LogP contribution in [0.2, 0.25) is 5.15 Å². The molecule has 0 aliphatic heterocycles. The minimum atomic E-state index is 0.406. The zero-order chi connectivity index (χ0) is 11.2. The van der Waals surface area contributed by atoms with Crippen LogP contribution in [0.3, 0.4) is 0 Å². The first-order chi connectivity index (χ1) is 7.84. The van der Waals surface area contributed by atoms with Gasteiger partial charge in [0.2, 0.25) is 0 Å². The molecule has 2 aromatic rings. The number of nitrogens with zero attached hydrogens (tertiary/aromatic N) is 4. The third-order valence-electron chi connectivity index (χ3n) is 2.09. The van der Waals surface area contributed by atoms with Crippen LogP contribution < -0.4 is 5.32 Å². The van der Waals surface area contributed by atoms with Crippen LogP contribution in [0, 0.1) is 0 Å². The van der Waals surface area contributed by atoms with Crippen LogP contribution in [0.15, 0.2) is 30.9 Å². The molecular weight excluding hydrogens is 226 g/mol. The normalized spacial score (nSPS) is 10.3. The predicted molar refractivity (Wildman–Crippen MR) is 62.4 cm³/mol. The smallest absolute Gasteiger partial charge is 0.151 e. The molecule has 84 valence electrons. The zero-order valence-electron chi connectivity index (χ0n) is 8.67. The molecule has 1 N–H and O–H groups in total. The summed E-state index contributed by atoms with van der Waals surface area (Å²) in [7, 11) is 0. The lowest BCUT2D eigenvalue weighted by Crippen LogP contribution is -2.07. The molecule has 0 fully saturated rings. The molecule has 6 heteroatoms. The van der Waals surface area contributed by atoms with E-state index in [0.717, 1.165) is 25.3 Å². The largest absolute Gasteiger partial charge is 0.369 e. The van der Waals surface area contributed by atoms with Gasteiger partial charge in [-0.1, -0.05) is 11.6 Å². The van der Waals surface area contributed by atoms with Crippen LogP contribution >= 0.6 is 11.6 Å². The van der Waals surface area contributed by atoms with Crippen molar-refractivity contribution in [1.82, 2.24) is 19.7 Å². The number of hydrogen-bond donors (Lipinski definition) is 1. The Kier molecular flexibility index (Phi) is 3.71. The average Bonchev–Trinajstić information content (AvgIpc) is 2.80. The summed E-state index contributed by atoms with van der Waals surface area (Å²) in [4.78, 5) is 3.97. The van der Waals surface area contributed by atoms with E-state index in [1.165, 1.54) is 0 Å². The molecule has 0 aliphatic carbocycles. The summed E-state index contributed by atoms with van der Waals surface area (Å²) >= 11 is 5.63. The van der Waals surface area contributed by atoms with Crippen LogP contribution in [-0.4, -0.2) is 26.3 Å². The highest BCUT2D eigenvalue weighted by Crippen LogP contribution is 2.05. The van der Waals surface area contributed by atoms with Crippen molar-refractivity contribution in [2.75, 3.05) is 11.9 Å². The zero-order valence-corrected chi connectivity index (χ0v) is 9.43. The number of anilines is 1. The van der Waals surface area contributed by atoms with Gasteiger partial charge in [0.25, 0.3) is 0 Å². The van der Waals surface area contributed by atoms with E-state index in [1.54, 1.807) is 12.3 Å². The molecule has 0 aliphatic rings. The Balaban J connectivity index is 1.70. The minimum absolute atomic E-state index is 0.406. The maximum Gasteiger partial charge on any atom is 0.151 e. The third-order valence-corrected chi connectivity index (χ3v) is 2.29. The van der Waals surface area contributed by atoms with Gasteiger partial charge in [-0.25, -0.2) is 4.98 Å². The van der Waals surface area contributed by atoms with Crippen molar-refractivity contribution in [3.8, 4) is 0 Å². The van der Waals surface area contributed by atoms with E-state index >= 15 is 0 Å². The molecule has 0 amide bonds. The number of aromatic nitrogens is 4. The lowest BCUT2D eigenvalue weighted by atomic mass is 10.4. The summed E-state index contributed by atoms with van der Waals surface area (Å²) < 4.78 is 2.04. The van der Waals surface area contributed by atoms with Gasteiger partial charge in [-0.3, -0.25) is 0 Å². The molecule has 2 aromatic heterocycles. The molecule has 16 heavy (non-hydrogen) atoms. The topological polar surface area (TPSA) is 55.6 Å². The number of halogens is 1. The number of aryl methyl sites for hydroxylation is 1. The summed E-state index contributed by atoms with van der Waals surface area (Å²) in [6.45, 7) is 1.78. The molecule has 0 aromatic carbocycles. The first kappa shape index (κ1) is 10.9. The van der Waals surface area contributed by atoms with Gasteiger partial charge in [0.05, 0.1) is 6.33 Å². The summed E-state index contributed by atoms with van der Waals surface area (Å²) in [5.41, 5.74) is 0. The highest BCUT2D eigenvalue weighted by atomic mass is 35.5. The fourth-order valence-corrected chi connectivity index (χ4v) is 1.41. The van der Waals surface area contributed by atoms with E-state index in [-0.39, 0.29) is 0 Å². The third kappa shape index (κ3) is 3.20. The quantitative estimate of drug-likeness (QED) is 0.807. The molecule has 0 atom stereocenters. The van der Waals surface area contributed by atoms with E-state index in [4.69, 9.17) is 11.6 Å². The fraction of sp³-hybridized carbons (Fsp3) is 0.300. The Morgan fingerprint density at radius 1 is 1.31 bits per heavy atom. The molecule has 0 bridgehead atoms. The molecule has 0 unspecified atom stereocenters. The lowest BCUT2D eigenvalue weighted by molar-refractivity contribution is 0.659.